The summed E-state index contributed by atoms with van der Waals surface area (Å²) in [6.07, 6.45) is 0.862. The highest BCUT2D eigenvalue weighted by atomic mass is 32.2. The fourth-order valence-corrected chi connectivity index (χ4v) is 4.53. The predicted molar refractivity (Wildman–Crippen MR) is 58.8 cm³/mol. The summed E-state index contributed by atoms with van der Waals surface area (Å²) in [5.41, 5.74) is -0.158. The SMILES string of the molecule is CC1(C)[C@H](C(=O)O)N2C(=O)/C(=C/C#N)[C@H]2S1(=O)=O. The standard InChI is InChI=1S/C10H10N2O5S/c1-10(2)6(9(14)15)12-7(13)5(3-4-11)8(12)18(10,16)17/h3,6,8H,1-2H3,(H,14,15)/b5-3-/t6-,8+/m0/s1. The van der Waals surface area contributed by atoms with E-state index < -0.39 is 37.9 Å². The van der Waals surface area contributed by atoms with Gasteiger partial charge in [-0.2, -0.15) is 5.26 Å². The number of fused-ring (bicyclic) bond motifs is 1. The van der Waals surface area contributed by atoms with Gasteiger partial charge in [-0.05, 0) is 13.8 Å². The fraction of sp³-hybridized carbons (Fsp3) is 0.500. The molecule has 7 nitrogen and oxygen atoms in total. The molecule has 2 heterocycles. The van der Waals surface area contributed by atoms with E-state index in [0.29, 0.717) is 0 Å². The lowest BCUT2D eigenvalue weighted by Gasteiger charge is -2.37. The van der Waals surface area contributed by atoms with Gasteiger partial charge in [0, 0.05) is 6.08 Å². The van der Waals surface area contributed by atoms with Crippen molar-refractivity contribution in [3.8, 4) is 6.07 Å². The van der Waals surface area contributed by atoms with Crippen molar-refractivity contribution in [2.75, 3.05) is 0 Å². The lowest BCUT2D eigenvalue weighted by atomic mass is 9.96. The van der Waals surface area contributed by atoms with Gasteiger partial charge < -0.3 is 10.0 Å². The molecule has 1 N–H and O–H groups in total. The van der Waals surface area contributed by atoms with Gasteiger partial charge in [0.25, 0.3) is 5.91 Å². The van der Waals surface area contributed by atoms with E-state index >= 15 is 0 Å². The van der Waals surface area contributed by atoms with Crippen LogP contribution in [0, 0.1) is 11.3 Å². The second-order valence-electron chi connectivity index (χ2n) is 4.68. The summed E-state index contributed by atoms with van der Waals surface area (Å²) in [5.74, 6) is -2.07. The summed E-state index contributed by atoms with van der Waals surface area (Å²) in [5, 5.41) is 16.3. The zero-order valence-corrected chi connectivity index (χ0v) is 10.4. The minimum Gasteiger partial charge on any atom is -0.480 e. The molecule has 2 atom stereocenters. The monoisotopic (exact) mass is 270 g/mol. The molecule has 0 aromatic heterocycles. The third-order valence-corrected chi connectivity index (χ3v) is 6.18. The zero-order valence-electron chi connectivity index (χ0n) is 9.61. The van der Waals surface area contributed by atoms with Gasteiger partial charge in [0.15, 0.2) is 21.3 Å². The fourth-order valence-electron chi connectivity index (χ4n) is 2.41. The molecule has 2 rings (SSSR count). The van der Waals surface area contributed by atoms with E-state index in [1.165, 1.54) is 13.8 Å². The average molecular weight is 270 g/mol. The summed E-state index contributed by atoms with van der Waals surface area (Å²) in [6, 6.07) is 0.180. The van der Waals surface area contributed by atoms with Crippen LogP contribution in [-0.4, -0.2) is 46.5 Å². The molecule has 96 valence electrons. The number of β-lactam (4-membered cyclic amide) rings is 1. The second kappa shape index (κ2) is 3.32. The van der Waals surface area contributed by atoms with Crippen molar-refractivity contribution < 1.29 is 23.1 Å². The molecular weight excluding hydrogens is 260 g/mol. The Balaban J connectivity index is 2.64. The van der Waals surface area contributed by atoms with E-state index in [2.05, 4.69) is 0 Å². The Morgan fingerprint density at radius 3 is 2.56 bits per heavy atom. The number of carbonyl (C=O) groups excluding carboxylic acids is 1. The summed E-state index contributed by atoms with van der Waals surface area (Å²) in [6.45, 7) is 2.55. The van der Waals surface area contributed by atoms with Crippen molar-refractivity contribution in [2.24, 2.45) is 0 Å². The zero-order chi connectivity index (χ0) is 13.9. The van der Waals surface area contributed by atoms with Crippen molar-refractivity contribution in [1.29, 1.82) is 5.26 Å². The van der Waals surface area contributed by atoms with Gasteiger partial charge in [-0.1, -0.05) is 0 Å². The molecular formula is C10H10N2O5S. The number of sulfone groups is 1. The third kappa shape index (κ3) is 1.14. The van der Waals surface area contributed by atoms with E-state index in [9.17, 15) is 18.0 Å². The Labute approximate surface area is 103 Å². The molecule has 2 saturated heterocycles. The lowest BCUT2D eigenvalue weighted by Crippen LogP contribution is -2.58. The normalized spacial score (nSPS) is 33.7. The molecule has 8 heteroatoms. The van der Waals surface area contributed by atoms with Gasteiger partial charge in [-0.25, -0.2) is 13.2 Å². The Morgan fingerprint density at radius 1 is 1.56 bits per heavy atom. The molecule has 0 aromatic carbocycles. The van der Waals surface area contributed by atoms with Crippen molar-refractivity contribution >= 4 is 21.7 Å². The van der Waals surface area contributed by atoms with E-state index in [1.54, 1.807) is 6.07 Å². The number of hydrogen-bond acceptors (Lipinski definition) is 5. The first-order chi connectivity index (χ1) is 8.17. The quantitative estimate of drug-likeness (QED) is 0.381. The van der Waals surface area contributed by atoms with Crippen molar-refractivity contribution in [3.63, 3.8) is 0 Å². The van der Waals surface area contributed by atoms with Gasteiger partial charge in [-0.3, -0.25) is 4.79 Å². The number of nitrogens with zero attached hydrogens (tertiary/aromatic N) is 2. The number of rotatable bonds is 1. The van der Waals surface area contributed by atoms with Crippen LogP contribution >= 0.6 is 0 Å². The number of amides is 1. The maximum Gasteiger partial charge on any atom is 0.328 e. The minimum atomic E-state index is -3.86. The van der Waals surface area contributed by atoms with Crippen molar-refractivity contribution in [1.82, 2.24) is 4.90 Å². The van der Waals surface area contributed by atoms with Crippen LogP contribution < -0.4 is 0 Å². The number of allylic oxidation sites excluding steroid dienone is 1. The highest BCUT2D eigenvalue weighted by molar-refractivity contribution is 7.94. The highest BCUT2D eigenvalue weighted by Gasteiger charge is 2.70. The largest absolute Gasteiger partial charge is 0.480 e. The maximum absolute atomic E-state index is 12.2. The van der Waals surface area contributed by atoms with Crippen LogP contribution in [0.1, 0.15) is 13.8 Å². The Kier molecular flexibility index (Phi) is 2.32. The van der Waals surface area contributed by atoms with Gasteiger partial charge in [0.2, 0.25) is 0 Å². The Bertz CT molecular complexity index is 625. The maximum atomic E-state index is 12.2. The van der Waals surface area contributed by atoms with Gasteiger partial charge in [-0.15, -0.1) is 0 Å². The molecule has 2 fully saturated rings. The minimum absolute atomic E-state index is 0.158. The lowest BCUT2D eigenvalue weighted by molar-refractivity contribution is -0.152. The topological polar surface area (TPSA) is 116 Å². The summed E-state index contributed by atoms with van der Waals surface area (Å²) >= 11 is 0. The van der Waals surface area contributed by atoms with Crippen LogP contribution in [0.2, 0.25) is 0 Å². The van der Waals surface area contributed by atoms with Crippen LogP contribution in [0.15, 0.2) is 11.6 Å². The molecule has 0 aliphatic carbocycles. The van der Waals surface area contributed by atoms with Crippen LogP contribution in [0.25, 0.3) is 0 Å². The molecule has 2 aliphatic rings. The first-order valence-corrected chi connectivity index (χ1v) is 6.61. The summed E-state index contributed by atoms with van der Waals surface area (Å²) in [4.78, 5) is 23.7. The second-order valence-corrected chi connectivity index (χ2v) is 7.27. The predicted octanol–water partition coefficient (Wildman–Crippen LogP) is -0.735. The van der Waals surface area contributed by atoms with Crippen molar-refractivity contribution in [3.05, 3.63) is 11.6 Å². The molecule has 0 unspecified atom stereocenters. The average Bonchev–Trinajstić information content (AvgIpc) is 2.38. The van der Waals surface area contributed by atoms with Gasteiger partial charge in [0.05, 0.1) is 11.6 Å². The van der Waals surface area contributed by atoms with Crippen molar-refractivity contribution in [2.45, 2.75) is 30.0 Å². The van der Waals surface area contributed by atoms with E-state index in [4.69, 9.17) is 10.4 Å². The number of carboxylic acids is 1. The van der Waals surface area contributed by atoms with E-state index in [0.717, 1.165) is 11.0 Å². The molecule has 18 heavy (non-hydrogen) atoms. The molecule has 1 amide bonds. The first-order valence-electron chi connectivity index (χ1n) is 5.06. The van der Waals surface area contributed by atoms with Gasteiger partial charge in [0.1, 0.15) is 4.75 Å². The molecule has 0 spiro atoms. The number of nitriles is 1. The highest BCUT2D eigenvalue weighted by Crippen LogP contribution is 2.48. The number of carbonyl (C=O) groups is 2. The van der Waals surface area contributed by atoms with Crippen LogP contribution in [0.5, 0.6) is 0 Å². The number of carboxylic acid groups (broad SMARTS) is 1. The van der Waals surface area contributed by atoms with Gasteiger partial charge >= 0.3 is 5.97 Å². The summed E-state index contributed by atoms with van der Waals surface area (Å²) in [7, 11) is -3.86. The van der Waals surface area contributed by atoms with Crippen LogP contribution in [0.3, 0.4) is 0 Å². The molecule has 0 saturated carbocycles. The molecule has 0 aromatic rings. The van der Waals surface area contributed by atoms with Crippen LogP contribution in [-0.2, 0) is 19.4 Å². The number of aliphatic carboxylic acids is 1. The smallest absolute Gasteiger partial charge is 0.328 e. The molecule has 2 aliphatic heterocycles. The molecule has 0 bridgehead atoms. The number of hydrogen-bond donors (Lipinski definition) is 1. The van der Waals surface area contributed by atoms with E-state index in [1.807, 2.05) is 0 Å². The summed E-state index contributed by atoms with van der Waals surface area (Å²) < 4.78 is 22.8. The molecule has 0 radical (unpaired) electrons. The third-order valence-electron chi connectivity index (χ3n) is 3.42. The Hall–Kier alpha value is -1.88. The first kappa shape index (κ1) is 12.6. The van der Waals surface area contributed by atoms with E-state index in [-0.39, 0.29) is 5.57 Å². The Morgan fingerprint density at radius 2 is 2.11 bits per heavy atom. The van der Waals surface area contributed by atoms with Crippen LogP contribution in [0.4, 0.5) is 0 Å².